The van der Waals surface area contributed by atoms with E-state index in [1.807, 2.05) is 54.7 Å². The van der Waals surface area contributed by atoms with Crippen molar-refractivity contribution in [3.63, 3.8) is 0 Å². The molecular formula is C54H34N4O2+2. The number of aromatic nitrogens is 2. The first kappa shape index (κ1) is 33.8. The van der Waals surface area contributed by atoms with Gasteiger partial charge in [-0.05, 0) is 80.9 Å². The van der Waals surface area contributed by atoms with Gasteiger partial charge >= 0.3 is 17.4 Å². The maximum Gasteiger partial charge on any atom is 0.503 e. The SMILES string of the molecule is C1=[N+](c2cccc(Oc3ccc4c5ccccc5n(-c5ccccn5)c4c3)c2)c2ccc3c(oc4ccccc43)c2[N+]=1c1c(-c2ccccc2)cccc1-c1ccccc1. The molecule has 0 unspecified atom stereocenters. The first-order valence-corrected chi connectivity index (χ1v) is 20.0. The maximum absolute atomic E-state index is 6.78. The normalized spacial score (nSPS) is 12.3. The molecule has 0 fully saturated rings. The van der Waals surface area contributed by atoms with E-state index >= 15 is 0 Å². The largest absolute Gasteiger partial charge is 0.503 e. The van der Waals surface area contributed by atoms with Gasteiger partial charge in [0, 0.05) is 45.9 Å². The maximum atomic E-state index is 6.78. The van der Waals surface area contributed by atoms with E-state index in [0.29, 0.717) is 5.75 Å². The molecule has 3 aromatic heterocycles. The van der Waals surface area contributed by atoms with Crippen LogP contribution in [0, 0.1) is 0 Å². The Bertz CT molecular complexity index is 3490. The number of nitrogens with zero attached hydrogens (tertiary/aromatic N) is 4. The molecule has 6 nitrogen and oxygen atoms in total. The molecule has 0 saturated heterocycles. The number of para-hydroxylation sites is 3. The molecule has 60 heavy (non-hydrogen) atoms. The molecule has 280 valence electrons. The van der Waals surface area contributed by atoms with E-state index in [-0.39, 0.29) is 0 Å². The molecule has 1 aliphatic heterocycles. The van der Waals surface area contributed by atoms with Gasteiger partial charge in [-0.1, -0.05) is 115 Å². The highest BCUT2D eigenvalue weighted by atomic mass is 16.5. The fraction of sp³-hybridized carbons (Fsp3) is 0. The first-order chi connectivity index (χ1) is 29.8. The van der Waals surface area contributed by atoms with Gasteiger partial charge in [-0.2, -0.15) is 0 Å². The quantitative estimate of drug-likeness (QED) is 0.152. The topological polar surface area (TPSA) is 46.2 Å². The van der Waals surface area contributed by atoms with E-state index in [1.165, 1.54) is 0 Å². The molecule has 0 aliphatic carbocycles. The van der Waals surface area contributed by atoms with Crippen molar-refractivity contribution in [2.75, 3.05) is 0 Å². The molecule has 8 aromatic carbocycles. The second kappa shape index (κ2) is 13.7. The third-order valence-electron chi connectivity index (χ3n) is 11.4. The van der Waals surface area contributed by atoms with Crippen LogP contribution in [0.15, 0.2) is 211 Å². The van der Waals surface area contributed by atoms with E-state index < -0.39 is 0 Å². The summed E-state index contributed by atoms with van der Waals surface area (Å²) in [5, 5.41) is 4.42. The van der Waals surface area contributed by atoms with Crippen molar-refractivity contribution in [2.24, 2.45) is 0 Å². The van der Waals surface area contributed by atoms with Crippen LogP contribution in [-0.2, 0) is 0 Å². The Labute approximate surface area is 345 Å². The van der Waals surface area contributed by atoms with Crippen molar-refractivity contribution in [3.05, 3.63) is 206 Å². The molecule has 4 heterocycles. The van der Waals surface area contributed by atoms with Crippen LogP contribution >= 0.6 is 0 Å². The number of hydrogen-bond acceptors (Lipinski definition) is 3. The predicted octanol–water partition coefficient (Wildman–Crippen LogP) is 14.1. The monoisotopic (exact) mass is 770 g/mol. The summed E-state index contributed by atoms with van der Waals surface area (Å²) in [5.74, 6) is 2.28. The minimum absolute atomic E-state index is 0.702. The molecule has 6 heteroatoms. The molecule has 0 radical (unpaired) electrons. The minimum Gasteiger partial charge on any atom is -0.457 e. The van der Waals surface area contributed by atoms with Crippen LogP contribution in [0.3, 0.4) is 0 Å². The Kier molecular flexibility index (Phi) is 7.70. The fourth-order valence-corrected chi connectivity index (χ4v) is 8.78. The van der Waals surface area contributed by atoms with Crippen molar-refractivity contribution in [3.8, 4) is 39.6 Å². The summed E-state index contributed by atoms with van der Waals surface area (Å²) in [6.45, 7) is 0. The summed E-state index contributed by atoms with van der Waals surface area (Å²) in [6.07, 6.45) is 1.83. The number of pyridine rings is 1. The Hall–Kier alpha value is -8.31. The van der Waals surface area contributed by atoms with Gasteiger partial charge in [0.15, 0.2) is 0 Å². The van der Waals surface area contributed by atoms with E-state index in [9.17, 15) is 0 Å². The van der Waals surface area contributed by atoms with Crippen molar-refractivity contribution in [2.45, 2.75) is 0 Å². The fourth-order valence-electron chi connectivity index (χ4n) is 8.78. The molecule has 12 rings (SSSR count). The first-order valence-electron chi connectivity index (χ1n) is 20.0. The zero-order valence-electron chi connectivity index (χ0n) is 32.2. The Morgan fingerprint density at radius 3 is 1.93 bits per heavy atom. The van der Waals surface area contributed by atoms with Gasteiger partial charge in [-0.3, -0.25) is 4.57 Å². The highest BCUT2D eigenvalue weighted by Gasteiger charge is 2.43. The lowest BCUT2D eigenvalue weighted by atomic mass is 9.95. The van der Waals surface area contributed by atoms with E-state index in [4.69, 9.17) is 14.1 Å². The van der Waals surface area contributed by atoms with Crippen LogP contribution in [0.5, 0.6) is 11.5 Å². The molecular weight excluding hydrogens is 737 g/mol. The molecule has 0 amide bonds. The Morgan fingerprint density at radius 2 is 1.15 bits per heavy atom. The van der Waals surface area contributed by atoms with E-state index in [0.717, 1.165) is 100 Å². The average Bonchev–Trinajstić information content (AvgIpc) is 3.99. The minimum atomic E-state index is 0.702. The van der Waals surface area contributed by atoms with Crippen molar-refractivity contribution in [1.82, 2.24) is 18.7 Å². The van der Waals surface area contributed by atoms with Crippen molar-refractivity contribution < 1.29 is 9.15 Å². The molecule has 1 aliphatic rings. The zero-order valence-corrected chi connectivity index (χ0v) is 32.2. The number of benzene rings is 8. The lowest BCUT2D eigenvalue weighted by Gasteiger charge is -2.10. The second-order valence-corrected chi connectivity index (χ2v) is 14.9. The molecule has 0 atom stereocenters. The number of fused-ring (bicyclic) bond motifs is 8. The summed E-state index contributed by atoms with van der Waals surface area (Å²) in [4.78, 5) is 4.71. The molecule has 0 saturated carbocycles. The number of hydrogen-bond donors (Lipinski definition) is 0. The van der Waals surface area contributed by atoms with Crippen molar-refractivity contribution in [1.29, 1.82) is 0 Å². The van der Waals surface area contributed by atoms with Gasteiger partial charge in [-0.25, -0.2) is 4.98 Å². The van der Waals surface area contributed by atoms with Crippen LogP contribution in [0.25, 0.3) is 71.8 Å². The van der Waals surface area contributed by atoms with Gasteiger partial charge in [0.1, 0.15) is 22.9 Å². The Balaban J connectivity index is 1.05. The van der Waals surface area contributed by atoms with Crippen LogP contribution in [0.1, 0.15) is 0 Å². The molecule has 0 spiro atoms. The summed E-state index contributed by atoms with van der Waals surface area (Å²) < 4.78 is 20.0. The number of furan rings is 1. The van der Waals surface area contributed by atoms with E-state index in [2.05, 4.69) is 171 Å². The van der Waals surface area contributed by atoms with Gasteiger partial charge in [0.05, 0.1) is 28.2 Å². The van der Waals surface area contributed by atoms with Crippen LogP contribution in [0.2, 0.25) is 0 Å². The summed E-state index contributed by atoms with van der Waals surface area (Å²) >= 11 is 0. The number of ether oxygens (including phenoxy) is 1. The Morgan fingerprint density at radius 1 is 0.483 bits per heavy atom. The smallest absolute Gasteiger partial charge is 0.457 e. The van der Waals surface area contributed by atoms with Crippen molar-refractivity contribution >= 4 is 72.5 Å². The third kappa shape index (κ3) is 5.40. The second-order valence-electron chi connectivity index (χ2n) is 14.9. The van der Waals surface area contributed by atoms with Gasteiger partial charge in [0.25, 0.3) is 0 Å². The standard InChI is InChI=1S/C54H34N4O2/c1-3-15-36(16-4-1)41-23-14-24-42(37-17-5-2-6-18-37)52(41)57-35-56(48-31-30-46-45-22-8-10-26-50(45)60-54(46)53(48)57)38-19-13-20-39(33-38)59-40-28-29-44-43-21-7-9-25-47(43)58(49(44)34-40)51-27-11-12-32-55-51/h1-34H/q+2. The highest BCUT2D eigenvalue weighted by Crippen LogP contribution is 2.49. The van der Waals surface area contributed by atoms with Crippen LogP contribution in [0.4, 0.5) is 22.7 Å². The van der Waals surface area contributed by atoms with Gasteiger partial charge < -0.3 is 9.15 Å². The number of rotatable bonds is 7. The molecule has 0 N–H and O–H groups in total. The highest BCUT2D eigenvalue weighted by molar-refractivity contribution is 6.13. The lowest BCUT2D eigenvalue weighted by Crippen LogP contribution is -2.04. The van der Waals surface area contributed by atoms with E-state index in [1.54, 1.807) is 0 Å². The summed E-state index contributed by atoms with van der Waals surface area (Å²) in [6, 6.07) is 73.0. The third-order valence-corrected chi connectivity index (χ3v) is 11.4. The summed E-state index contributed by atoms with van der Waals surface area (Å²) in [7, 11) is 0. The molecule has 0 bridgehead atoms. The van der Waals surface area contributed by atoms with Gasteiger partial charge in [-0.15, -0.1) is 0 Å². The van der Waals surface area contributed by atoms with Crippen LogP contribution < -0.4 is 13.9 Å². The predicted molar refractivity (Wildman–Crippen MR) is 244 cm³/mol. The van der Waals surface area contributed by atoms with Gasteiger partial charge in [0.2, 0.25) is 17.0 Å². The van der Waals surface area contributed by atoms with Crippen LogP contribution in [-0.4, -0.2) is 15.6 Å². The molecule has 11 aromatic rings. The lowest BCUT2D eigenvalue weighted by molar-refractivity contribution is 0.483. The zero-order chi connectivity index (χ0) is 39.6. The summed E-state index contributed by atoms with van der Waals surface area (Å²) in [5.41, 5.74) is 11.9. The average molecular weight is 771 g/mol.